The second-order valence-electron chi connectivity index (χ2n) is 6.20. The molecular formula is C19H22N2O3S. The van der Waals surface area contributed by atoms with Crippen LogP contribution in [0, 0.1) is 13.8 Å². The number of carbonyl (C=O) groups excluding carboxylic acids is 2. The highest BCUT2D eigenvalue weighted by molar-refractivity contribution is 7.12. The summed E-state index contributed by atoms with van der Waals surface area (Å²) in [4.78, 5) is 28.9. The molecule has 1 aliphatic rings. The maximum Gasteiger partial charge on any atom is 0.337 e. The van der Waals surface area contributed by atoms with Crippen LogP contribution in [0.2, 0.25) is 0 Å². The van der Waals surface area contributed by atoms with E-state index in [1.807, 2.05) is 26.0 Å². The van der Waals surface area contributed by atoms with E-state index in [1.165, 1.54) is 7.11 Å². The van der Waals surface area contributed by atoms with Crippen LogP contribution in [-0.2, 0) is 4.74 Å². The molecule has 1 amide bonds. The van der Waals surface area contributed by atoms with Crippen molar-refractivity contribution in [3.05, 3.63) is 45.1 Å². The van der Waals surface area contributed by atoms with Crippen molar-refractivity contribution in [3.8, 4) is 0 Å². The summed E-state index contributed by atoms with van der Waals surface area (Å²) in [6.07, 6.45) is 2.27. The average Bonchev–Trinajstić information content (AvgIpc) is 3.23. The van der Waals surface area contributed by atoms with E-state index in [1.54, 1.807) is 23.5 Å². The predicted molar refractivity (Wildman–Crippen MR) is 101 cm³/mol. The van der Waals surface area contributed by atoms with Crippen LogP contribution >= 0.6 is 11.3 Å². The van der Waals surface area contributed by atoms with Gasteiger partial charge in [0.1, 0.15) is 0 Å². The first-order valence-electron chi connectivity index (χ1n) is 8.35. The molecule has 0 radical (unpaired) electrons. The van der Waals surface area contributed by atoms with Crippen LogP contribution in [0.25, 0.3) is 0 Å². The first-order valence-corrected chi connectivity index (χ1v) is 9.17. The van der Waals surface area contributed by atoms with E-state index in [0.717, 1.165) is 41.4 Å². The third-order valence-electron chi connectivity index (χ3n) is 4.40. The van der Waals surface area contributed by atoms with Crippen molar-refractivity contribution in [2.45, 2.75) is 26.7 Å². The highest BCUT2D eigenvalue weighted by atomic mass is 32.1. The first kappa shape index (κ1) is 17.5. The van der Waals surface area contributed by atoms with Crippen LogP contribution in [0.4, 0.5) is 11.4 Å². The van der Waals surface area contributed by atoms with E-state index in [2.05, 4.69) is 10.2 Å². The number of benzene rings is 1. The SMILES string of the molecule is COC(=O)c1ccc(N2CCCC2)c(NC(=O)c2cc(C)sc2C)c1. The number of nitrogens with one attached hydrogen (secondary N) is 1. The van der Waals surface area contributed by atoms with Gasteiger partial charge in [-0.1, -0.05) is 0 Å². The standard InChI is InChI=1S/C19H22N2O3S/c1-12-10-15(13(2)25-12)18(22)20-16-11-14(19(23)24-3)6-7-17(16)21-8-4-5-9-21/h6-7,10-11H,4-5,8-9H2,1-3H3,(H,20,22). The molecule has 5 nitrogen and oxygen atoms in total. The van der Waals surface area contributed by atoms with Gasteiger partial charge in [-0.2, -0.15) is 0 Å². The van der Waals surface area contributed by atoms with Gasteiger partial charge in [0.15, 0.2) is 0 Å². The van der Waals surface area contributed by atoms with E-state index in [9.17, 15) is 9.59 Å². The number of hydrogen-bond acceptors (Lipinski definition) is 5. The van der Waals surface area contributed by atoms with Gasteiger partial charge >= 0.3 is 5.97 Å². The smallest absolute Gasteiger partial charge is 0.337 e. The molecule has 0 spiro atoms. The summed E-state index contributed by atoms with van der Waals surface area (Å²) in [7, 11) is 1.35. The van der Waals surface area contributed by atoms with E-state index in [4.69, 9.17) is 4.74 Å². The maximum absolute atomic E-state index is 12.7. The van der Waals surface area contributed by atoms with Crippen LogP contribution in [0.5, 0.6) is 0 Å². The van der Waals surface area contributed by atoms with Crippen molar-refractivity contribution < 1.29 is 14.3 Å². The second-order valence-corrected chi connectivity index (χ2v) is 7.66. The summed E-state index contributed by atoms with van der Waals surface area (Å²) in [6.45, 7) is 5.84. The van der Waals surface area contributed by atoms with Gasteiger partial charge in [0, 0.05) is 22.8 Å². The van der Waals surface area contributed by atoms with Gasteiger partial charge in [-0.05, 0) is 51.0 Å². The Kier molecular flexibility index (Phi) is 5.08. The zero-order valence-corrected chi connectivity index (χ0v) is 15.5. The molecule has 2 heterocycles. The number of nitrogens with zero attached hydrogens (tertiary/aromatic N) is 1. The Morgan fingerprint density at radius 3 is 2.48 bits per heavy atom. The molecule has 0 aliphatic carbocycles. The summed E-state index contributed by atoms with van der Waals surface area (Å²) < 4.78 is 4.81. The van der Waals surface area contributed by atoms with Gasteiger partial charge in [0.25, 0.3) is 5.91 Å². The summed E-state index contributed by atoms with van der Waals surface area (Å²) in [6, 6.07) is 7.23. The van der Waals surface area contributed by atoms with Crippen molar-refractivity contribution in [2.75, 3.05) is 30.4 Å². The van der Waals surface area contributed by atoms with E-state index < -0.39 is 5.97 Å². The predicted octanol–water partition coefficient (Wildman–Crippen LogP) is 4.00. The fraction of sp³-hybridized carbons (Fsp3) is 0.368. The number of esters is 1. The number of aryl methyl sites for hydroxylation is 2. The number of anilines is 2. The molecule has 132 valence electrons. The fourth-order valence-corrected chi connectivity index (χ4v) is 4.08. The van der Waals surface area contributed by atoms with Crippen molar-refractivity contribution in [1.82, 2.24) is 0 Å². The monoisotopic (exact) mass is 358 g/mol. The molecule has 3 rings (SSSR count). The number of ether oxygens (including phenoxy) is 1. The average molecular weight is 358 g/mol. The number of rotatable bonds is 4. The van der Waals surface area contributed by atoms with E-state index >= 15 is 0 Å². The Morgan fingerprint density at radius 2 is 1.88 bits per heavy atom. The molecule has 0 unspecified atom stereocenters. The summed E-state index contributed by atoms with van der Waals surface area (Å²) >= 11 is 1.60. The Bertz CT molecular complexity index is 807. The van der Waals surface area contributed by atoms with E-state index in [-0.39, 0.29) is 5.91 Å². The number of amides is 1. The van der Waals surface area contributed by atoms with Gasteiger partial charge in [-0.25, -0.2) is 4.79 Å². The third kappa shape index (κ3) is 3.69. The topological polar surface area (TPSA) is 58.6 Å². The van der Waals surface area contributed by atoms with Crippen molar-refractivity contribution >= 4 is 34.6 Å². The normalized spacial score (nSPS) is 13.8. The lowest BCUT2D eigenvalue weighted by Crippen LogP contribution is -2.21. The van der Waals surface area contributed by atoms with Gasteiger partial charge in [-0.3, -0.25) is 4.79 Å². The minimum absolute atomic E-state index is 0.149. The molecule has 6 heteroatoms. The Labute approximate surface area is 151 Å². The maximum atomic E-state index is 12.7. The minimum atomic E-state index is -0.411. The van der Waals surface area contributed by atoms with Gasteiger partial charge in [-0.15, -0.1) is 11.3 Å². The quantitative estimate of drug-likeness (QED) is 0.839. The molecule has 1 aliphatic heterocycles. The van der Waals surface area contributed by atoms with Crippen LogP contribution in [0.15, 0.2) is 24.3 Å². The fourth-order valence-electron chi connectivity index (χ4n) is 3.16. The van der Waals surface area contributed by atoms with E-state index in [0.29, 0.717) is 16.8 Å². The lowest BCUT2D eigenvalue weighted by molar-refractivity contribution is 0.0600. The lowest BCUT2D eigenvalue weighted by Gasteiger charge is -2.22. The Hall–Kier alpha value is -2.34. The molecule has 0 saturated carbocycles. The van der Waals surface area contributed by atoms with Crippen molar-refractivity contribution in [1.29, 1.82) is 0 Å². The highest BCUT2D eigenvalue weighted by Gasteiger charge is 2.20. The molecule has 1 N–H and O–H groups in total. The minimum Gasteiger partial charge on any atom is -0.465 e. The molecule has 1 fully saturated rings. The first-order chi connectivity index (χ1) is 12.0. The molecule has 0 bridgehead atoms. The van der Waals surface area contributed by atoms with Crippen molar-refractivity contribution in [2.24, 2.45) is 0 Å². The summed E-state index contributed by atoms with van der Waals surface area (Å²) in [5.74, 6) is -0.560. The molecule has 1 aromatic carbocycles. The van der Waals surface area contributed by atoms with Crippen LogP contribution in [0.1, 0.15) is 43.3 Å². The zero-order chi connectivity index (χ0) is 18.0. The summed E-state index contributed by atoms with van der Waals surface area (Å²) in [5.41, 5.74) is 2.71. The Morgan fingerprint density at radius 1 is 1.16 bits per heavy atom. The third-order valence-corrected chi connectivity index (χ3v) is 5.36. The molecule has 25 heavy (non-hydrogen) atoms. The number of carbonyl (C=O) groups is 2. The van der Waals surface area contributed by atoms with Crippen LogP contribution in [-0.4, -0.2) is 32.1 Å². The number of hydrogen-bond donors (Lipinski definition) is 1. The lowest BCUT2D eigenvalue weighted by atomic mass is 10.1. The zero-order valence-electron chi connectivity index (χ0n) is 14.7. The Balaban J connectivity index is 1.94. The molecule has 0 atom stereocenters. The largest absolute Gasteiger partial charge is 0.465 e. The number of methoxy groups -OCH3 is 1. The van der Waals surface area contributed by atoms with Gasteiger partial charge < -0.3 is 15.0 Å². The molecule has 1 saturated heterocycles. The van der Waals surface area contributed by atoms with Crippen LogP contribution in [0.3, 0.4) is 0 Å². The highest BCUT2D eigenvalue weighted by Crippen LogP contribution is 2.31. The van der Waals surface area contributed by atoms with Gasteiger partial charge in [0.05, 0.1) is 29.6 Å². The second kappa shape index (κ2) is 7.27. The molecular weight excluding hydrogens is 336 g/mol. The van der Waals surface area contributed by atoms with Gasteiger partial charge in [0.2, 0.25) is 0 Å². The molecule has 2 aromatic rings. The summed E-state index contributed by atoms with van der Waals surface area (Å²) in [5, 5.41) is 3.00. The van der Waals surface area contributed by atoms with Crippen LogP contribution < -0.4 is 10.2 Å². The number of thiophene rings is 1. The molecule has 1 aromatic heterocycles. The van der Waals surface area contributed by atoms with Crippen molar-refractivity contribution in [3.63, 3.8) is 0 Å².